The molecule has 1 N–H and O–H groups in total. The summed E-state index contributed by atoms with van der Waals surface area (Å²) in [7, 11) is 0. The first-order valence-electron chi connectivity index (χ1n) is 7.98. The van der Waals surface area contributed by atoms with E-state index in [-0.39, 0.29) is 5.54 Å². The van der Waals surface area contributed by atoms with Crippen molar-refractivity contribution in [3.8, 4) is 0 Å². The van der Waals surface area contributed by atoms with E-state index in [9.17, 15) is 4.39 Å². The van der Waals surface area contributed by atoms with Crippen LogP contribution in [0, 0.1) is 5.95 Å². The minimum atomic E-state index is -0.410. The molecule has 5 heteroatoms. The number of hydrogen-bond donors (Lipinski definition) is 1. The fourth-order valence-corrected chi connectivity index (χ4v) is 4.52. The molecule has 0 bridgehead atoms. The molecule has 1 aromatic heterocycles. The molecule has 0 aromatic carbocycles. The number of pyridine rings is 1. The molecule has 3 nitrogen and oxygen atoms in total. The maximum Gasteiger partial charge on any atom is 0.214 e. The molecule has 116 valence electrons. The van der Waals surface area contributed by atoms with Gasteiger partial charge in [0.15, 0.2) is 0 Å². The van der Waals surface area contributed by atoms with Crippen LogP contribution in [0.25, 0.3) is 0 Å². The number of nitrogens with zero attached hydrogens (tertiary/aromatic N) is 2. The van der Waals surface area contributed by atoms with E-state index in [2.05, 4.69) is 27.0 Å². The highest BCUT2D eigenvalue weighted by molar-refractivity contribution is 7.99. The highest BCUT2D eigenvalue weighted by Gasteiger charge is 2.38. The number of nitrogens with one attached hydrogen (secondary N) is 1. The molecule has 0 spiro atoms. The van der Waals surface area contributed by atoms with E-state index < -0.39 is 5.95 Å². The second kappa shape index (κ2) is 6.97. The Morgan fingerprint density at radius 2 is 1.95 bits per heavy atom. The lowest BCUT2D eigenvalue weighted by Gasteiger charge is -2.48. The molecule has 2 aliphatic rings. The Bertz CT molecular complexity index is 457. The Labute approximate surface area is 130 Å². The van der Waals surface area contributed by atoms with E-state index in [0.717, 1.165) is 6.54 Å². The van der Waals surface area contributed by atoms with Gasteiger partial charge in [-0.2, -0.15) is 16.2 Å². The van der Waals surface area contributed by atoms with E-state index in [1.165, 1.54) is 62.8 Å². The monoisotopic (exact) mass is 309 g/mol. The van der Waals surface area contributed by atoms with E-state index in [4.69, 9.17) is 0 Å². The molecule has 3 rings (SSSR count). The van der Waals surface area contributed by atoms with Gasteiger partial charge < -0.3 is 5.32 Å². The van der Waals surface area contributed by atoms with Gasteiger partial charge in [-0.25, -0.2) is 4.98 Å². The summed E-state index contributed by atoms with van der Waals surface area (Å²) in [5, 5.41) is 3.39. The summed E-state index contributed by atoms with van der Waals surface area (Å²) in [4.78, 5) is 6.61. The molecular weight excluding hydrogens is 285 g/mol. The summed E-state index contributed by atoms with van der Waals surface area (Å²) < 4.78 is 13.2. The van der Waals surface area contributed by atoms with Gasteiger partial charge in [-0.05, 0) is 25.0 Å². The molecule has 1 aliphatic heterocycles. The third-order valence-corrected chi connectivity index (χ3v) is 5.72. The standard InChI is InChI=1S/C16H24FN3S/c17-14-5-4-6-15(19-14)18-13-16(7-2-1-3-8-16)20-9-11-21-12-10-20/h4-6H,1-3,7-13H2,(H,18,19). The van der Waals surface area contributed by atoms with Crippen LogP contribution in [0.2, 0.25) is 0 Å². The van der Waals surface area contributed by atoms with Crippen molar-refractivity contribution in [2.24, 2.45) is 0 Å². The third-order valence-electron chi connectivity index (χ3n) is 4.78. The van der Waals surface area contributed by atoms with Crippen molar-refractivity contribution in [1.82, 2.24) is 9.88 Å². The maximum absolute atomic E-state index is 13.2. The first kappa shape index (κ1) is 15.1. The SMILES string of the molecule is Fc1cccc(NCC2(N3CCSCC3)CCCCC2)n1. The third kappa shape index (κ3) is 3.69. The number of thioether (sulfide) groups is 1. The average Bonchev–Trinajstić information content (AvgIpc) is 2.55. The zero-order valence-electron chi connectivity index (χ0n) is 12.5. The van der Waals surface area contributed by atoms with Crippen molar-refractivity contribution in [2.45, 2.75) is 37.6 Å². The number of hydrogen-bond acceptors (Lipinski definition) is 4. The fourth-order valence-electron chi connectivity index (χ4n) is 3.61. The van der Waals surface area contributed by atoms with Gasteiger partial charge in [0.1, 0.15) is 5.82 Å². The second-order valence-electron chi connectivity index (χ2n) is 6.08. The van der Waals surface area contributed by atoms with Gasteiger partial charge in [-0.1, -0.05) is 25.3 Å². The molecule has 1 aliphatic carbocycles. The predicted molar refractivity (Wildman–Crippen MR) is 87.4 cm³/mol. The van der Waals surface area contributed by atoms with Crippen LogP contribution in [-0.4, -0.2) is 46.6 Å². The Morgan fingerprint density at radius 3 is 2.67 bits per heavy atom. The number of anilines is 1. The molecule has 0 radical (unpaired) electrons. The summed E-state index contributed by atoms with van der Waals surface area (Å²) in [6.45, 7) is 3.25. The van der Waals surface area contributed by atoms with Crippen LogP contribution >= 0.6 is 11.8 Å². The summed E-state index contributed by atoms with van der Waals surface area (Å²) >= 11 is 2.05. The average molecular weight is 309 g/mol. The lowest BCUT2D eigenvalue weighted by atomic mass is 9.80. The van der Waals surface area contributed by atoms with Crippen molar-refractivity contribution >= 4 is 17.6 Å². The molecule has 2 heterocycles. The van der Waals surface area contributed by atoms with Crippen LogP contribution in [0.3, 0.4) is 0 Å². The van der Waals surface area contributed by atoms with Crippen LogP contribution in [0.5, 0.6) is 0 Å². The largest absolute Gasteiger partial charge is 0.368 e. The van der Waals surface area contributed by atoms with E-state index >= 15 is 0 Å². The fraction of sp³-hybridized carbons (Fsp3) is 0.688. The molecule has 0 unspecified atom stereocenters. The van der Waals surface area contributed by atoms with E-state index in [0.29, 0.717) is 5.82 Å². The zero-order chi connectivity index (χ0) is 14.5. The summed E-state index contributed by atoms with van der Waals surface area (Å²) in [6, 6.07) is 4.96. The predicted octanol–water partition coefficient (Wildman–Crippen LogP) is 3.38. The van der Waals surface area contributed by atoms with E-state index in [1.54, 1.807) is 6.07 Å². The normalized spacial score (nSPS) is 22.9. The molecule has 1 saturated heterocycles. The van der Waals surface area contributed by atoms with Gasteiger partial charge in [-0.3, -0.25) is 4.90 Å². The first-order valence-corrected chi connectivity index (χ1v) is 9.13. The molecule has 0 atom stereocenters. The Kier molecular flexibility index (Phi) is 5.01. The maximum atomic E-state index is 13.2. The highest BCUT2D eigenvalue weighted by Crippen LogP contribution is 2.35. The van der Waals surface area contributed by atoms with Gasteiger partial charge in [0, 0.05) is 36.7 Å². The summed E-state index contributed by atoms with van der Waals surface area (Å²) in [5.74, 6) is 2.72. The zero-order valence-corrected chi connectivity index (χ0v) is 13.3. The smallest absolute Gasteiger partial charge is 0.214 e. The quantitative estimate of drug-likeness (QED) is 0.863. The molecule has 2 fully saturated rings. The van der Waals surface area contributed by atoms with Gasteiger partial charge in [0.25, 0.3) is 0 Å². The lowest BCUT2D eigenvalue weighted by Crippen LogP contribution is -2.57. The Balaban J connectivity index is 1.69. The van der Waals surface area contributed by atoms with Crippen molar-refractivity contribution in [1.29, 1.82) is 0 Å². The van der Waals surface area contributed by atoms with Crippen molar-refractivity contribution in [2.75, 3.05) is 36.5 Å². The number of halogens is 1. The van der Waals surface area contributed by atoms with Gasteiger partial charge >= 0.3 is 0 Å². The highest BCUT2D eigenvalue weighted by atomic mass is 32.2. The lowest BCUT2D eigenvalue weighted by molar-refractivity contribution is 0.0706. The van der Waals surface area contributed by atoms with Crippen molar-refractivity contribution in [3.63, 3.8) is 0 Å². The number of rotatable bonds is 4. The Hall–Kier alpha value is -0.810. The topological polar surface area (TPSA) is 28.2 Å². The Morgan fingerprint density at radius 1 is 1.19 bits per heavy atom. The van der Waals surface area contributed by atoms with E-state index in [1.807, 2.05) is 6.07 Å². The van der Waals surface area contributed by atoms with Crippen LogP contribution in [0.15, 0.2) is 18.2 Å². The molecule has 0 amide bonds. The van der Waals surface area contributed by atoms with Crippen LogP contribution < -0.4 is 5.32 Å². The number of aromatic nitrogens is 1. The van der Waals surface area contributed by atoms with Gasteiger partial charge in [-0.15, -0.1) is 0 Å². The minimum absolute atomic E-state index is 0.243. The second-order valence-corrected chi connectivity index (χ2v) is 7.31. The van der Waals surface area contributed by atoms with Crippen LogP contribution in [-0.2, 0) is 0 Å². The molecule has 1 saturated carbocycles. The van der Waals surface area contributed by atoms with Gasteiger partial charge in [0.05, 0.1) is 0 Å². The van der Waals surface area contributed by atoms with Crippen LogP contribution in [0.1, 0.15) is 32.1 Å². The first-order chi connectivity index (χ1) is 10.3. The molecule has 21 heavy (non-hydrogen) atoms. The minimum Gasteiger partial charge on any atom is -0.368 e. The van der Waals surface area contributed by atoms with Gasteiger partial charge in [0.2, 0.25) is 5.95 Å². The molecular formula is C16H24FN3S. The summed E-state index contributed by atoms with van der Waals surface area (Å²) in [5.41, 5.74) is 0.243. The summed E-state index contributed by atoms with van der Waals surface area (Å²) in [6.07, 6.45) is 6.46. The molecule has 1 aromatic rings. The van der Waals surface area contributed by atoms with Crippen molar-refractivity contribution in [3.05, 3.63) is 24.1 Å². The van der Waals surface area contributed by atoms with Crippen LogP contribution in [0.4, 0.5) is 10.2 Å². The van der Waals surface area contributed by atoms with Crippen molar-refractivity contribution < 1.29 is 4.39 Å².